The maximum atomic E-state index is 9.00. The van der Waals surface area contributed by atoms with Gasteiger partial charge in [-0.05, 0) is 11.8 Å². The van der Waals surface area contributed by atoms with E-state index in [2.05, 4.69) is 10.6 Å². The van der Waals surface area contributed by atoms with E-state index in [1.54, 1.807) is 0 Å². The number of hydrogen-bond donors (Lipinski definition) is 6. The number of carbonyl (C=O) groups is 1. The third-order valence-electron chi connectivity index (χ3n) is 2.91. The first-order chi connectivity index (χ1) is 11.6. The van der Waals surface area contributed by atoms with Gasteiger partial charge < -0.3 is 15.7 Å². The van der Waals surface area contributed by atoms with Gasteiger partial charge in [-0.15, -0.1) is 0 Å². The lowest BCUT2D eigenvalue weighted by Gasteiger charge is -2.10. The van der Waals surface area contributed by atoms with E-state index >= 15 is 0 Å². The van der Waals surface area contributed by atoms with Gasteiger partial charge in [-0.2, -0.15) is 0 Å². The highest BCUT2D eigenvalue weighted by Crippen LogP contribution is 2.47. The standard InChI is InChI=1S/C11H5Cl4N5S.C2H4O2/c12-3-1-2(4(13)6(15)5(3)14)9(16)19-7(1)8-10(17)20-11(18)21-8;1-2(3)4/h(H2,16,19)(H3,17,18,20);1H3,(H,3,4)/b8-7+;. The molecule has 0 radical (unpaired) electrons. The van der Waals surface area contributed by atoms with Gasteiger partial charge in [0.2, 0.25) is 0 Å². The number of amidine groups is 3. The second-order valence-corrected chi connectivity index (χ2v) is 7.19. The first kappa shape index (κ1) is 19.9. The molecule has 6 N–H and O–H groups in total. The van der Waals surface area contributed by atoms with Crippen molar-refractivity contribution in [2.24, 2.45) is 0 Å². The minimum Gasteiger partial charge on any atom is -0.481 e. The van der Waals surface area contributed by atoms with Gasteiger partial charge in [0.1, 0.15) is 11.7 Å². The van der Waals surface area contributed by atoms with Gasteiger partial charge in [-0.25, -0.2) is 0 Å². The number of carboxylic acid groups (broad SMARTS) is 1. The summed E-state index contributed by atoms with van der Waals surface area (Å²) in [5.41, 5.74) is 1.18. The normalized spacial score (nSPS) is 18.4. The third kappa shape index (κ3) is 3.73. The molecule has 0 atom stereocenters. The smallest absolute Gasteiger partial charge is 0.300 e. The highest BCUT2D eigenvalue weighted by atomic mass is 35.5. The number of halogens is 4. The summed E-state index contributed by atoms with van der Waals surface area (Å²) >= 11 is 25.5. The van der Waals surface area contributed by atoms with Crippen LogP contribution in [0.4, 0.5) is 0 Å². The van der Waals surface area contributed by atoms with Crippen LogP contribution in [0, 0.1) is 16.2 Å². The fourth-order valence-corrected chi connectivity index (χ4v) is 3.85. The Kier molecular flexibility index (Phi) is 5.90. The van der Waals surface area contributed by atoms with Crippen LogP contribution in [0.5, 0.6) is 0 Å². The van der Waals surface area contributed by atoms with Crippen molar-refractivity contribution < 1.29 is 9.90 Å². The molecule has 0 unspecified atom stereocenters. The molecule has 7 nitrogen and oxygen atoms in total. The first-order valence-electron chi connectivity index (χ1n) is 6.34. The van der Waals surface area contributed by atoms with E-state index in [0.717, 1.165) is 18.7 Å². The van der Waals surface area contributed by atoms with Crippen LogP contribution in [0.1, 0.15) is 18.1 Å². The Hall–Kier alpha value is -1.45. The molecule has 1 fully saturated rings. The summed E-state index contributed by atoms with van der Waals surface area (Å²) in [5.74, 6) is -0.767. The molecule has 0 bridgehead atoms. The summed E-state index contributed by atoms with van der Waals surface area (Å²) in [6, 6.07) is 0. The van der Waals surface area contributed by atoms with Crippen LogP contribution in [0.15, 0.2) is 4.91 Å². The number of thioether (sulfide) groups is 1. The van der Waals surface area contributed by atoms with Crippen molar-refractivity contribution in [3.05, 3.63) is 36.1 Å². The molecule has 0 aliphatic carbocycles. The summed E-state index contributed by atoms with van der Waals surface area (Å²) in [5, 5.41) is 36.8. The molecule has 2 aliphatic rings. The molecular weight excluding hydrogens is 432 g/mol. The van der Waals surface area contributed by atoms with Crippen LogP contribution in [-0.2, 0) is 4.79 Å². The van der Waals surface area contributed by atoms with Crippen molar-refractivity contribution in [1.29, 1.82) is 16.2 Å². The van der Waals surface area contributed by atoms with E-state index in [4.69, 9.17) is 72.5 Å². The van der Waals surface area contributed by atoms with Crippen molar-refractivity contribution in [1.82, 2.24) is 10.6 Å². The second kappa shape index (κ2) is 7.43. The predicted octanol–water partition coefficient (Wildman–Crippen LogP) is 4.24. The molecule has 132 valence electrons. The molecule has 1 saturated heterocycles. The van der Waals surface area contributed by atoms with E-state index in [0.29, 0.717) is 21.7 Å². The minimum atomic E-state index is -0.833. The largest absolute Gasteiger partial charge is 0.481 e. The number of carboxylic acids is 1. The van der Waals surface area contributed by atoms with Gasteiger partial charge >= 0.3 is 0 Å². The third-order valence-corrected chi connectivity index (χ3v) is 5.63. The molecular formula is C13H9Cl4N5O2S. The van der Waals surface area contributed by atoms with Gasteiger partial charge in [-0.3, -0.25) is 21.0 Å². The number of nitrogens with one attached hydrogen (secondary N) is 5. The molecule has 0 aromatic heterocycles. The number of hydrogen-bond acceptors (Lipinski definition) is 5. The molecule has 1 aromatic rings. The Morgan fingerprint density at radius 2 is 1.40 bits per heavy atom. The second-order valence-electron chi connectivity index (χ2n) is 4.66. The van der Waals surface area contributed by atoms with Crippen LogP contribution in [0.25, 0.3) is 5.70 Å². The number of fused-ring (bicyclic) bond motifs is 1. The SMILES string of the molecule is CC(=O)O.N=C1NC(=N)/C(=C2\NC(=N)c3c(Cl)c(Cl)c(Cl)c(Cl)c32)S1. The van der Waals surface area contributed by atoms with E-state index in [9.17, 15) is 0 Å². The Balaban J connectivity index is 0.000000511. The summed E-state index contributed by atoms with van der Waals surface area (Å²) in [6.45, 7) is 1.08. The Bertz CT molecular complexity index is 880. The number of rotatable bonds is 0. The van der Waals surface area contributed by atoms with E-state index in [1.807, 2.05) is 0 Å². The summed E-state index contributed by atoms with van der Waals surface area (Å²) in [7, 11) is 0. The van der Waals surface area contributed by atoms with Crippen molar-refractivity contribution >= 4 is 86.7 Å². The maximum absolute atomic E-state index is 9.00. The van der Waals surface area contributed by atoms with Crippen molar-refractivity contribution in [2.75, 3.05) is 0 Å². The van der Waals surface area contributed by atoms with E-state index < -0.39 is 5.97 Å². The van der Waals surface area contributed by atoms with Crippen molar-refractivity contribution in [3.8, 4) is 0 Å². The fourth-order valence-electron chi connectivity index (χ4n) is 2.05. The molecule has 0 saturated carbocycles. The first-order valence-corrected chi connectivity index (χ1v) is 8.67. The van der Waals surface area contributed by atoms with Crippen LogP contribution >= 0.6 is 58.2 Å². The van der Waals surface area contributed by atoms with Gasteiger partial charge in [0, 0.05) is 18.1 Å². The Morgan fingerprint density at radius 3 is 1.84 bits per heavy atom. The quantitative estimate of drug-likeness (QED) is 0.265. The zero-order valence-electron chi connectivity index (χ0n) is 12.3. The highest BCUT2D eigenvalue weighted by molar-refractivity contribution is 8.18. The van der Waals surface area contributed by atoms with Crippen LogP contribution in [0.3, 0.4) is 0 Å². The Labute approximate surface area is 166 Å². The topological polar surface area (TPSA) is 133 Å². The highest BCUT2D eigenvalue weighted by Gasteiger charge is 2.35. The number of aliphatic carboxylic acids is 1. The summed E-state index contributed by atoms with van der Waals surface area (Å²) in [4.78, 5) is 9.44. The van der Waals surface area contributed by atoms with Gasteiger partial charge in [0.25, 0.3) is 5.97 Å². The van der Waals surface area contributed by atoms with Crippen LogP contribution < -0.4 is 10.6 Å². The zero-order chi connectivity index (χ0) is 19.0. The van der Waals surface area contributed by atoms with E-state index in [-0.39, 0.29) is 36.9 Å². The molecule has 25 heavy (non-hydrogen) atoms. The molecule has 1 aromatic carbocycles. The molecule has 2 aliphatic heterocycles. The van der Waals surface area contributed by atoms with E-state index in [1.165, 1.54) is 0 Å². The zero-order valence-corrected chi connectivity index (χ0v) is 16.1. The van der Waals surface area contributed by atoms with Gasteiger partial charge in [0.05, 0.1) is 30.7 Å². The summed E-state index contributed by atoms with van der Waals surface area (Å²) in [6.07, 6.45) is 0. The van der Waals surface area contributed by atoms with Crippen molar-refractivity contribution in [2.45, 2.75) is 6.92 Å². The molecule has 0 spiro atoms. The molecule has 2 heterocycles. The number of benzene rings is 1. The predicted molar refractivity (Wildman–Crippen MR) is 103 cm³/mol. The lowest BCUT2D eigenvalue weighted by atomic mass is 10.1. The average molecular weight is 441 g/mol. The maximum Gasteiger partial charge on any atom is 0.300 e. The lowest BCUT2D eigenvalue weighted by Crippen LogP contribution is -2.20. The average Bonchev–Trinajstić information content (AvgIpc) is 3.01. The van der Waals surface area contributed by atoms with Gasteiger partial charge in [0.15, 0.2) is 5.17 Å². The lowest BCUT2D eigenvalue weighted by molar-refractivity contribution is -0.134. The molecule has 3 rings (SSSR count). The minimum absolute atomic E-state index is 0.0183. The monoisotopic (exact) mass is 439 g/mol. The Morgan fingerprint density at radius 1 is 0.920 bits per heavy atom. The molecule has 12 heteroatoms. The molecule has 0 amide bonds. The van der Waals surface area contributed by atoms with Crippen LogP contribution in [0.2, 0.25) is 20.1 Å². The fraction of sp³-hybridized carbons (Fsp3) is 0.0769. The summed E-state index contributed by atoms with van der Waals surface area (Å²) < 4.78 is 0. The van der Waals surface area contributed by atoms with Gasteiger partial charge in [-0.1, -0.05) is 46.4 Å². The van der Waals surface area contributed by atoms with Crippen LogP contribution in [-0.4, -0.2) is 27.9 Å². The van der Waals surface area contributed by atoms with Crippen molar-refractivity contribution in [3.63, 3.8) is 0 Å².